The lowest BCUT2D eigenvalue weighted by molar-refractivity contribution is -0.388. The van der Waals surface area contributed by atoms with Crippen LogP contribution in [0.15, 0.2) is 71.0 Å². The van der Waals surface area contributed by atoms with Crippen LogP contribution < -0.4 is 4.72 Å². The van der Waals surface area contributed by atoms with Crippen molar-refractivity contribution in [1.82, 2.24) is 9.03 Å². The second kappa shape index (κ2) is 10.6. The third kappa shape index (κ3) is 5.56. The molecule has 0 unspecified atom stereocenters. The topological polar surface area (TPSA) is 170 Å². The van der Waals surface area contributed by atoms with Crippen molar-refractivity contribution in [3.8, 4) is 0 Å². The molecule has 0 saturated heterocycles. The Hall–Kier alpha value is -3.20. The van der Waals surface area contributed by atoms with E-state index in [1.165, 1.54) is 30.3 Å². The number of para-hydroxylation sites is 2. The number of hydrogen-bond acceptors (Lipinski definition) is 8. The second-order valence-corrected chi connectivity index (χ2v) is 11.4. The summed E-state index contributed by atoms with van der Waals surface area (Å²) < 4.78 is 56.9. The number of nitrogens with one attached hydrogen (secondary N) is 1. The number of nitro benzene ring substituents is 2. The Morgan fingerprint density at radius 1 is 0.914 bits per heavy atom. The molecule has 14 heteroatoms. The Morgan fingerprint density at radius 2 is 1.43 bits per heavy atom. The molecule has 0 aromatic heterocycles. The third-order valence-electron chi connectivity index (χ3n) is 5.72. The molecule has 12 nitrogen and oxygen atoms in total. The summed E-state index contributed by atoms with van der Waals surface area (Å²) >= 11 is 0. The Balaban J connectivity index is 2.03. The number of benzene rings is 2. The molecule has 35 heavy (non-hydrogen) atoms. The van der Waals surface area contributed by atoms with E-state index in [0.717, 1.165) is 28.6 Å². The van der Waals surface area contributed by atoms with Gasteiger partial charge in [0.05, 0.1) is 9.85 Å². The van der Waals surface area contributed by atoms with Gasteiger partial charge in [-0.15, -0.1) is 6.58 Å². The first kappa shape index (κ1) is 26.4. The van der Waals surface area contributed by atoms with Gasteiger partial charge in [-0.25, -0.2) is 21.6 Å². The first-order valence-corrected chi connectivity index (χ1v) is 13.5. The van der Waals surface area contributed by atoms with Crippen molar-refractivity contribution in [3.63, 3.8) is 0 Å². The summed E-state index contributed by atoms with van der Waals surface area (Å²) in [6.07, 6.45) is 3.04. The molecule has 1 saturated carbocycles. The van der Waals surface area contributed by atoms with Crippen LogP contribution in [0.3, 0.4) is 0 Å². The number of sulfonamides is 2. The summed E-state index contributed by atoms with van der Waals surface area (Å²) in [7, 11) is -8.83. The number of hydrogen-bond donors (Lipinski definition) is 1. The van der Waals surface area contributed by atoms with Crippen LogP contribution in [0.2, 0.25) is 0 Å². The fraction of sp³-hybridized carbons (Fsp3) is 0.333. The molecule has 2 aromatic rings. The zero-order valence-corrected chi connectivity index (χ0v) is 20.2. The van der Waals surface area contributed by atoms with Crippen LogP contribution in [0.5, 0.6) is 0 Å². The summed E-state index contributed by atoms with van der Waals surface area (Å²) in [6, 6.07) is 7.94. The highest BCUT2D eigenvalue weighted by atomic mass is 32.2. The lowest BCUT2D eigenvalue weighted by atomic mass is 9.91. The van der Waals surface area contributed by atoms with Crippen LogP contribution in [0, 0.1) is 20.2 Å². The average molecular weight is 525 g/mol. The van der Waals surface area contributed by atoms with Crippen molar-refractivity contribution in [2.45, 2.75) is 47.6 Å². The van der Waals surface area contributed by atoms with Crippen molar-refractivity contribution < 1.29 is 26.7 Å². The Bertz CT molecular complexity index is 1340. The van der Waals surface area contributed by atoms with Crippen LogP contribution in [-0.2, 0) is 20.0 Å². The molecule has 3 rings (SSSR count). The summed E-state index contributed by atoms with van der Waals surface area (Å²) in [4.78, 5) is 20.2. The molecule has 188 valence electrons. The van der Waals surface area contributed by atoms with Crippen molar-refractivity contribution in [2.24, 2.45) is 0 Å². The molecule has 1 fully saturated rings. The van der Waals surface area contributed by atoms with Crippen molar-refractivity contribution in [2.75, 3.05) is 6.54 Å². The monoisotopic (exact) mass is 524 g/mol. The van der Waals surface area contributed by atoms with Crippen LogP contribution in [0.1, 0.15) is 25.7 Å². The lowest BCUT2D eigenvalue weighted by Crippen LogP contribution is -2.55. The van der Waals surface area contributed by atoms with E-state index in [9.17, 15) is 37.1 Å². The van der Waals surface area contributed by atoms with Crippen LogP contribution in [0.25, 0.3) is 0 Å². The molecule has 0 amide bonds. The number of rotatable bonds is 10. The molecule has 0 spiro atoms. The SMILES string of the molecule is C=CCN([C@H]1CCCC[C@H]1NS(=O)(=O)c1ccccc1[N+](=O)[O-])S(=O)(=O)c1ccccc1[N+](=O)[O-]. The fourth-order valence-corrected chi connectivity index (χ4v) is 7.48. The predicted molar refractivity (Wildman–Crippen MR) is 127 cm³/mol. The summed E-state index contributed by atoms with van der Waals surface area (Å²) in [5.74, 6) is 0. The highest BCUT2D eigenvalue weighted by Gasteiger charge is 2.41. The van der Waals surface area contributed by atoms with E-state index in [1.807, 2.05) is 0 Å². The first-order valence-electron chi connectivity index (χ1n) is 10.6. The maximum absolute atomic E-state index is 13.6. The van der Waals surface area contributed by atoms with E-state index in [1.54, 1.807) is 0 Å². The molecule has 2 aromatic carbocycles. The van der Waals surface area contributed by atoms with Gasteiger partial charge in [-0.3, -0.25) is 20.2 Å². The van der Waals surface area contributed by atoms with Crippen molar-refractivity contribution >= 4 is 31.4 Å². The molecule has 0 radical (unpaired) electrons. The minimum atomic E-state index is -4.44. The van der Waals surface area contributed by atoms with Gasteiger partial charge >= 0.3 is 0 Å². The second-order valence-electron chi connectivity index (χ2n) is 7.89. The standard InChI is InChI=1S/C21H24N4O8S2/c1-2-15-23(35(32,33)21-14-8-6-12-19(21)25(28)29)17-10-4-3-9-16(17)22-34(30,31)20-13-7-5-11-18(20)24(26)27/h2,5-8,11-14,16-17,22H,1,3-4,9-10,15H2/t16-,17+/m1/s1. The smallest absolute Gasteiger partial charge is 0.258 e. The Kier molecular flexibility index (Phi) is 8.00. The molecular weight excluding hydrogens is 500 g/mol. The van der Waals surface area contributed by atoms with Gasteiger partial charge in [0.2, 0.25) is 10.0 Å². The van der Waals surface area contributed by atoms with Crippen molar-refractivity contribution in [3.05, 3.63) is 81.4 Å². The molecule has 1 aliphatic rings. The lowest BCUT2D eigenvalue weighted by Gasteiger charge is -2.38. The molecule has 1 aliphatic carbocycles. The zero-order valence-electron chi connectivity index (χ0n) is 18.5. The van der Waals surface area contributed by atoms with E-state index in [-0.39, 0.29) is 19.4 Å². The number of nitrogens with zero attached hydrogens (tertiary/aromatic N) is 3. The van der Waals surface area contributed by atoms with Crippen LogP contribution >= 0.6 is 0 Å². The van der Waals surface area contributed by atoms with Crippen LogP contribution in [-0.4, -0.2) is 49.6 Å². The average Bonchev–Trinajstić information content (AvgIpc) is 2.82. The van der Waals surface area contributed by atoms with E-state index in [0.29, 0.717) is 12.8 Å². The Morgan fingerprint density at radius 3 is 2.00 bits per heavy atom. The van der Waals surface area contributed by atoms with E-state index in [4.69, 9.17) is 0 Å². The van der Waals surface area contributed by atoms with E-state index in [2.05, 4.69) is 11.3 Å². The summed E-state index contributed by atoms with van der Waals surface area (Å²) in [6.45, 7) is 3.37. The Labute approximate surface area is 202 Å². The quantitative estimate of drug-likeness (QED) is 0.281. The molecular formula is C21H24N4O8S2. The van der Waals surface area contributed by atoms with E-state index < -0.39 is 63.1 Å². The summed E-state index contributed by atoms with van der Waals surface area (Å²) in [5, 5.41) is 22.8. The van der Waals surface area contributed by atoms with Gasteiger partial charge in [0.15, 0.2) is 9.79 Å². The zero-order chi connectivity index (χ0) is 25.8. The van der Waals surface area contributed by atoms with Crippen molar-refractivity contribution in [1.29, 1.82) is 0 Å². The fourth-order valence-electron chi connectivity index (χ4n) is 4.18. The maximum Gasteiger partial charge on any atom is 0.289 e. The first-order chi connectivity index (χ1) is 16.5. The van der Waals surface area contributed by atoms with Gasteiger partial charge in [0.25, 0.3) is 21.4 Å². The van der Waals surface area contributed by atoms with Gasteiger partial charge in [-0.2, -0.15) is 4.31 Å². The van der Waals surface area contributed by atoms with Gasteiger partial charge in [0.1, 0.15) is 0 Å². The summed E-state index contributed by atoms with van der Waals surface area (Å²) in [5.41, 5.74) is -1.21. The van der Waals surface area contributed by atoms with E-state index >= 15 is 0 Å². The molecule has 0 aliphatic heterocycles. The molecule has 1 N–H and O–H groups in total. The van der Waals surface area contributed by atoms with Gasteiger partial charge in [-0.1, -0.05) is 43.2 Å². The largest absolute Gasteiger partial charge is 0.289 e. The van der Waals surface area contributed by atoms with Gasteiger partial charge in [-0.05, 0) is 25.0 Å². The predicted octanol–water partition coefficient (Wildman–Crippen LogP) is 2.97. The van der Waals surface area contributed by atoms with Gasteiger partial charge < -0.3 is 0 Å². The molecule has 2 atom stereocenters. The van der Waals surface area contributed by atoms with Crippen LogP contribution in [0.4, 0.5) is 11.4 Å². The minimum absolute atomic E-state index is 0.219. The number of nitro groups is 2. The highest BCUT2D eigenvalue weighted by Crippen LogP contribution is 2.33. The molecule has 0 heterocycles. The highest BCUT2D eigenvalue weighted by molar-refractivity contribution is 7.90. The molecule has 0 bridgehead atoms. The minimum Gasteiger partial charge on any atom is -0.258 e. The third-order valence-corrected chi connectivity index (χ3v) is 9.19. The normalized spacial score (nSPS) is 18.8. The maximum atomic E-state index is 13.6. The van der Waals surface area contributed by atoms with Gasteiger partial charge in [0, 0.05) is 30.8 Å².